The van der Waals surface area contributed by atoms with Crippen molar-refractivity contribution in [3.63, 3.8) is 0 Å². The summed E-state index contributed by atoms with van der Waals surface area (Å²) in [6.07, 6.45) is 0. The molecule has 0 aromatic heterocycles. The number of benzene rings is 2. The van der Waals surface area contributed by atoms with E-state index in [4.69, 9.17) is 14.7 Å². The van der Waals surface area contributed by atoms with Crippen LogP contribution in [0.1, 0.15) is 33.2 Å². The van der Waals surface area contributed by atoms with Crippen LogP contribution in [0.2, 0.25) is 0 Å². The lowest BCUT2D eigenvalue weighted by Crippen LogP contribution is -2.14. The van der Waals surface area contributed by atoms with Gasteiger partial charge in [-0.2, -0.15) is 5.26 Å². The van der Waals surface area contributed by atoms with E-state index in [0.717, 1.165) is 0 Å². The topological polar surface area (TPSA) is 88.4 Å². The minimum atomic E-state index is -0.413. The van der Waals surface area contributed by atoms with Crippen LogP contribution in [-0.2, 0) is 0 Å². The van der Waals surface area contributed by atoms with Crippen LogP contribution in [0.4, 0.5) is 5.69 Å². The van der Waals surface area contributed by atoms with Crippen molar-refractivity contribution in [1.29, 1.82) is 5.26 Å². The van der Waals surface area contributed by atoms with Gasteiger partial charge in [0, 0.05) is 17.2 Å². The minimum Gasteiger partial charge on any atom is -0.454 e. The molecule has 0 unspecified atom stereocenters. The van der Waals surface area contributed by atoms with E-state index >= 15 is 0 Å². The number of Topliss-reactive ketones (excluding diaryl/α,β-unsaturated/α-hetero) is 1. The van der Waals surface area contributed by atoms with Crippen LogP contribution in [0.15, 0.2) is 36.4 Å². The first-order valence-corrected chi connectivity index (χ1v) is 6.84. The number of ether oxygens (including phenoxy) is 2. The maximum Gasteiger partial charge on any atom is 0.255 e. The van der Waals surface area contributed by atoms with Gasteiger partial charge in [0.2, 0.25) is 6.79 Å². The Morgan fingerprint density at radius 3 is 2.61 bits per heavy atom. The zero-order valence-corrected chi connectivity index (χ0v) is 12.3. The molecule has 1 aliphatic heterocycles. The molecule has 0 bridgehead atoms. The van der Waals surface area contributed by atoms with Gasteiger partial charge in [0.1, 0.15) is 0 Å². The third kappa shape index (κ3) is 2.85. The molecule has 0 saturated heterocycles. The molecule has 2 aromatic rings. The summed E-state index contributed by atoms with van der Waals surface area (Å²) in [5, 5.41) is 11.6. The standard InChI is InChI=1S/C17H12N2O4/c1-10(20)13-6-15-16(23-9-22-15)7-14(13)19-17(21)12-4-2-3-11(5-12)8-18/h2-7H,9H2,1H3,(H,19,21). The first-order chi connectivity index (χ1) is 11.1. The summed E-state index contributed by atoms with van der Waals surface area (Å²) in [6, 6.07) is 11.4. The van der Waals surface area contributed by atoms with Crippen LogP contribution < -0.4 is 14.8 Å². The van der Waals surface area contributed by atoms with Gasteiger partial charge in [-0.3, -0.25) is 9.59 Å². The van der Waals surface area contributed by atoms with Gasteiger partial charge in [-0.15, -0.1) is 0 Å². The highest BCUT2D eigenvalue weighted by atomic mass is 16.7. The number of ketones is 1. The number of fused-ring (bicyclic) bond motifs is 1. The molecular weight excluding hydrogens is 296 g/mol. The van der Waals surface area contributed by atoms with Gasteiger partial charge < -0.3 is 14.8 Å². The van der Waals surface area contributed by atoms with Crippen LogP contribution >= 0.6 is 0 Å². The van der Waals surface area contributed by atoms with E-state index in [2.05, 4.69) is 5.32 Å². The Kier molecular flexibility index (Phi) is 3.69. The van der Waals surface area contributed by atoms with Gasteiger partial charge in [0.25, 0.3) is 5.91 Å². The van der Waals surface area contributed by atoms with Crippen LogP contribution in [0.5, 0.6) is 11.5 Å². The minimum absolute atomic E-state index is 0.0777. The second-order valence-corrected chi connectivity index (χ2v) is 4.95. The van der Waals surface area contributed by atoms with Gasteiger partial charge in [-0.25, -0.2) is 0 Å². The third-order valence-electron chi connectivity index (χ3n) is 3.39. The van der Waals surface area contributed by atoms with Crippen molar-refractivity contribution in [2.45, 2.75) is 6.92 Å². The Labute approximate surface area is 132 Å². The molecule has 1 aliphatic rings. The first kappa shape index (κ1) is 14.6. The molecule has 0 fully saturated rings. The molecule has 0 atom stereocenters. The molecule has 0 radical (unpaired) electrons. The molecule has 6 nitrogen and oxygen atoms in total. The van der Waals surface area contributed by atoms with Gasteiger partial charge in [0.05, 0.1) is 17.3 Å². The number of carbonyl (C=O) groups excluding carboxylic acids is 2. The summed E-state index contributed by atoms with van der Waals surface area (Å²) in [4.78, 5) is 24.1. The summed E-state index contributed by atoms with van der Waals surface area (Å²) in [5.74, 6) is 0.323. The predicted octanol–water partition coefficient (Wildman–Crippen LogP) is 2.74. The number of rotatable bonds is 3. The Morgan fingerprint density at radius 1 is 1.17 bits per heavy atom. The smallest absolute Gasteiger partial charge is 0.255 e. The quantitative estimate of drug-likeness (QED) is 0.881. The van der Waals surface area contributed by atoms with Crippen molar-refractivity contribution in [2.75, 3.05) is 12.1 Å². The van der Waals surface area contributed by atoms with E-state index in [1.165, 1.54) is 13.0 Å². The SMILES string of the molecule is CC(=O)c1cc2c(cc1NC(=O)c1cccc(C#N)c1)OCO2. The molecule has 2 aromatic carbocycles. The van der Waals surface area contributed by atoms with E-state index in [1.807, 2.05) is 6.07 Å². The zero-order valence-electron chi connectivity index (χ0n) is 12.3. The van der Waals surface area contributed by atoms with Gasteiger partial charge in [-0.05, 0) is 31.2 Å². The molecule has 1 heterocycles. The van der Waals surface area contributed by atoms with Crippen molar-refractivity contribution in [1.82, 2.24) is 0 Å². The molecule has 6 heteroatoms. The summed E-state index contributed by atoms with van der Waals surface area (Å²) in [6.45, 7) is 1.48. The summed E-state index contributed by atoms with van der Waals surface area (Å²) >= 11 is 0. The normalized spacial score (nSPS) is 11.7. The highest BCUT2D eigenvalue weighted by Gasteiger charge is 2.20. The molecule has 3 rings (SSSR count). The predicted molar refractivity (Wildman–Crippen MR) is 81.7 cm³/mol. The average molecular weight is 308 g/mol. The third-order valence-corrected chi connectivity index (χ3v) is 3.39. The van der Waals surface area contributed by atoms with Crippen molar-refractivity contribution in [2.24, 2.45) is 0 Å². The molecule has 0 aliphatic carbocycles. The largest absolute Gasteiger partial charge is 0.454 e. The van der Waals surface area contributed by atoms with Crippen molar-refractivity contribution >= 4 is 17.4 Å². The zero-order chi connectivity index (χ0) is 16.4. The molecule has 1 amide bonds. The summed E-state index contributed by atoms with van der Waals surface area (Å²) in [7, 11) is 0. The lowest BCUT2D eigenvalue weighted by molar-refractivity contribution is 0.101. The molecule has 0 saturated carbocycles. The van der Waals surface area contributed by atoms with E-state index in [1.54, 1.807) is 30.3 Å². The number of anilines is 1. The Morgan fingerprint density at radius 2 is 1.91 bits per heavy atom. The highest BCUT2D eigenvalue weighted by Crippen LogP contribution is 2.37. The number of hydrogen-bond acceptors (Lipinski definition) is 5. The van der Waals surface area contributed by atoms with Crippen molar-refractivity contribution < 1.29 is 19.1 Å². The van der Waals surface area contributed by atoms with E-state index in [-0.39, 0.29) is 12.6 Å². The average Bonchev–Trinajstić information content (AvgIpc) is 3.01. The molecule has 0 spiro atoms. The fourth-order valence-corrected chi connectivity index (χ4v) is 2.26. The maximum atomic E-state index is 12.4. The fourth-order valence-electron chi connectivity index (χ4n) is 2.26. The monoisotopic (exact) mass is 308 g/mol. The number of carbonyl (C=O) groups is 2. The van der Waals surface area contributed by atoms with Crippen molar-refractivity contribution in [3.8, 4) is 17.6 Å². The maximum absolute atomic E-state index is 12.4. The number of nitriles is 1. The van der Waals surface area contributed by atoms with Gasteiger partial charge in [0.15, 0.2) is 17.3 Å². The van der Waals surface area contributed by atoms with Crippen molar-refractivity contribution in [3.05, 3.63) is 53.1 Å². The fraction of sp³-hybridized carbons (Fsp3) is 0.118. The van der Waals surface area contributed by atoms with Gasteiger partial charge >= 0.3 is 0 Å². The Hall–Kier alpha value is -3.33. The second-order valence-electron chi connectivity index (χ2n) is 4.95. The number of nitrogens with one attached hydrogen (secondary N) is 1. The lowest BCUT2D eigenvalue weighted by Gasteiger charge is -2.10. The molecule has 114 valence electrons. The van der Waals surface area contributed by atoms with Crippen LogP contribution in [0.25, 0.3) is 0 Å². The van der Waals surface area contributed by atoms with Gasteiger partial charge in [-0.1, -0.05) is 6.07 Å². The number of nitrogens with zero attached hydrogens (tertiary/aromatic N) is 1. The Bertz CT molecular complexity index is 852. The molecular formula is C17H12N2O4. The first-order valence-electron chi connectivity index (χ1n) is 6.84. The Balaban J connectivity index is 1.94. The van der Waals surface area contributed by atoms with Crippen LogP contribution in [0.3, 0.4) is 0 Å². The highest BCUT2D eigenvalue weighted by molar-refractivity contribution is 6.09. The lowest BCUT2D eigenvalue weighted by atomic mass is 10.1. The summed E-state index contributed by atoms with van der Waals surface area (Å²) < 4.78 is 10.5. The van der Waals surface area contributed by atoms with Crippen LogP contribution in [0, 0.1) is 11.3 Å². The van der Waals surface area contributed by atoms with E-state index in [0.29, 0.717) is 33.9 Å². The molecule has 23 heavy (non-hydrogen) atoms. The van der Waals surface area contributed by atoms with E-state index in [9.17, 15) is 9.59 Å². The number of hydrogen-bond donors (Lipinski definition) is 1. The molecule has 1 N–H and O–H groups in total. The number of amides is 1. The summed E-state index contributed by atoms with van der Waals surface area (Å²) in [5.41, 5.74) is 1.39. The second kappa shape index (κ2) is 5.81. The van der Waals surface area contributed by atoms with E-state index < -0.39 is 5.91 Å². The van der Waals surface area contributed by atoms with Crippen LogP contribution in [-0.4, -0.2) is 18.5 Å².